The van der Waals surface area contributed by atoms with Gasteiger partial charge in [-0.2, -0.15) is 0 Å². The van der Waals surface area contributed by atoms with Gasteiger partial charge in [-0.25, -0.2) is 8.42 Å². The largest absolute Gasteiger partial charge is 0.352 e. The molecule has 0 aromatic heterocycles. The van der Waals surface area contributed by atoms with Crippen molar-refractivity contribution in [3.63, 3.8) is 0 Å². The van der Waals surface area contributed by atoms with Crippen LogP contribution in [0.1, 0.15) is 43.9 Å². The van der Waals surface area contributed by atoms with Crippen LogP contribution < -0.4 is 9.62 Å². The van der Waals surface area contributed by atoms with Crippen LogP contribution in [0.5, 0.6) is 0 Å². The highest BCUT2D eigenvalue weighted by atomic mass is 35.5. The van der Waals surface area contributed by atoms with Crippen molar-refractivity contribution in [1.82, 2.24) is 10.2 Å². The van der Waals surface area contributed by atoms with E-state index in [0.717, 1.165) is 33.7 Å². The maximum atomic E-state index is 13.5. The number of nitrogens with zero attached hydrogens (tertiary/aromatic N) is 2. The number of hydrogen-bond acceptors (Lipinski definition) is 4. The van der Waals surface area contributed by atoms with E-state index in [1.165, 1.54) is 11.0 Å². The molecule has 2 amide bonds. The number of amides is 2. The van der Waals surface area contributed by atoms with Gasteiger partial charge < -0.3 is 10.2 Å². The number of carbonyl (C=O) groups excluding carboxylic acids is 2. The molecule has 0 radical (unpaired) electrons. The molecule has 0 aliphatic heterocycles. The van der Waals surface area contributed by atoms with E-state index in [1.54, 1.807) is 19.1 Å². The van der Waals surface area contributed by atoms with Crippen LogP contribution in [0.15, 0.2) is 42.5 Å². The molecular weight excluding hydrogens is 474 g/mol. The maximum Gasteiger partial charge on any atom is 0.244 e. The minimum atomic E-state index is -3.80. The molecule has 2 rings (SSSR count). The SMILES string of the molecule is CC[C@H](C)NC(=O)[C@@H](C)N(Cc1cccc(C)c1)C(=O)CN(c1ccc(C)c(Cl)c1)S(C)(=O)=O. The lowest BCUT2D eigenvalue weighted by molar-refractivity contribution is -0.139. The number of hydrogen-bond donors (Lipinski definition) is 1. The van der Waals surface area contributed by atoms with Gasteiger partial charge in [-0.15, -0.1) is 0 Å². The van der Waals surface area contributed by atoms with Gasteiger partial charge in [0.25, 0.3) is 0 Å². The van der Waals surface area contributed by atoms with E-state index in [4.69, 9.17) is 11.6 Å². The molecule has 1 N–H and O–H groups in total. The average molecular weight is 508 g/mol. The van der Waals surface area contributed by atoms with Gasteiger partial charge >= 0.3 is 0 Å². The molecule has 0 aliphatic carbocycles. The average Bonchev–Trinajstić information content (AvgIpc) is 2.76. The van der Waals surface area contributed by atoms with Gasteiger partial charge in [-0.3, -0.25) is 13.9 Å². The summed E-state index contributed by atoms with van der Waals surface area (Å²) >= 11 is 6.21. The van der Waals surface area contributed by atoms with E-state index in [2.05, 4.69) is 5.32 Å². The molecule has 0 unspecified atom stereocenters. The summed E-state index contributed by atoms with van der Waals surface area (Å²) in [5.74, 6) is -0.782. The van der Waals surface area contributed by atoms with Crippen LogP contribution in [-0.4, -0.2) is 50.0 Å². The summed E-state index contributed by atoms with van der Waals surface area (Å²) < 4.78 is 26.2. The summed E-state index contributed by atoms with van der Waals surface area (Å²) in [5, 5.41) is 3.31. The van der Waals surface area contributed by atoms with Crippen LogP contribution in [0.2, 0.25) is 5.02 Å². The Balaban J connectivity index is 2.41. The first-order valence-electron chi connectivity index (χ1n) is 11.2. The molecule has 0 saturated carbocycles. The highest BCUT2D eigenvalue weighted by Gasteiger charge is 2.30. The van der Waals surface area contributed by atoms with Gasteiger partial charge in [0.1, 0.15) is 12.6 Å². The highest BCUT2D eigenvalue weighted by molar-refractivity contribution is 7.92. The Labute approximate surface area is 208 Å². The number of aryl methyl sites for hydroxylation is 2. The van der Waals surface area contributed by atoms with Crippen molar-refractivity contribution in [3.8, 4) is 0 Å². The Morgan fingerprint density at radius 2 is 1.76 bits per heavy atom. The number of halogens is 1. The maximum absolute atomic E-state index is 13.5. The number of nitrogens with one attached hydrogen (secondary N) is 1. The smallest absolute Gasteiger partial charge is 0.244 e. The fourth-order valence-electron chi connectivity index (χ4n) is 3.41. The molecule has 0 spiro atoms. The van der Waals surface area contributed by atoms with Crippen molar-refractivity contribution in [2.24, 2.45) is 0 Å². The Morgan fingerprint density at radius 1 is 1.09 bits per heavy atom. The lowest BCUT2D eigenvalue weighted by Gasteiger charge is -2.32. The third kappa shape index (κ3) is 7.46. The molecule has 186 valence electrons. The molecule has 9 heteroatoms. The molecule has 0 saturated heterocycles. The fourth-order valence-corrected chi connectivity index (χ4v) is 4.42. The molecule has 0 aliphatic rings. The Kier molecular flexibility index (Phi) is 9.53. The van der Waals surface area contributed by atoms with Crippen molar-refractivity contribution in [1.29, 1.82) is 0 Å². The van der Waals surface area contributed by atoms with Crippen molar-refractivity contribution < 1.29 is 18.0 Å². The van der Waals surface area contributed by atoms with Crippen LogP contribution in [0, 0.1) is 13.8 Å². The minimum Gasteiger partial charge on any atom is -0.352 e. The van der Waals surface area contributed by atoms with Gasteiger partial charge in [0.15, 0.2) is 0 Å². The Morgan fingerprint density at radius 3 is 2.32 bits per heavy atom. The first kappa shape index (κ1) is 27.7. The zero-order valence-corrected chi connectivity index (χ0v) is 22.2. The molecule has 0 fully saturated rings. The first-order valence-corrected chi connectivity index (χ1v) is 13.4. The lowest BCUT2D eigenvalue weighted by atomic mass is 10.1. The highest BCUT2D eigenvalue weighted by Crippen LogP contribution is 2.25. The van der Waals surface area contributed by atoms with Gasteiger partial charge in [0.2, 0.25) is 21.8 Å². The van der Waals surface area contributed by atoms with E-state index in [0.29, 0.717) is 10.7 Å². The third-order valence-electron chi connectivity index (χ3n) is 5.73. The second-order valence-electron chi connectivity index (χ2n) is 8.71. The summed E-state index contributed by atoms with van der Waals surface area (Å²) in [6.45, 7) is 8.97. The van der Waals surface area contributed by atoms with E-state index in [1.807, 2.05) is 52.0 Å². The van der Waals surface area contributed by atoms with Crippen molar-refractivity contribution >= 4 is 39.1 Å². The molecule has 2 aromatic rings. The second kappa shape index (κ2) is 11.7. The molecule has 0 heterocycles. The predicted molar refractivity (Wildman–Crippen MR) is 137 cm³/mol. The predicted octanol–water partition coefficient (Wildman–Crippen LogP) is 4.05. The minimum absolute atomic E-state index is 0.0481. The topological polar surface area (TPSA) is 86.8 Å². The zero-order valence-electron chi connectivity index (χ0n) is 20.6. The van der Waals surface area contributed by atoms with E-state index < -0.39 is 28.5 Å². The number of sulfonamides is 1. The van der Waals surface area contributed by atoms with Gasteiger partial charge in [-0.05, 0) is 57.4 Å². The van der Waals surface area contributed by atoms with Crippen molar-refractivity contribution in [3.05, 3.63) is 64.2 Å². The Bertz CT molecular complexity index is 1140. The van der Waals surface area contributed by atoms with Gasteiger partial charge in [0.05, 0.1) is 11.9 Å². The van der Waals surface area contributed by atoms with Crippen LogP contribution in [0.25, 0.3) is 0 Å². The summed E-state index contributed by atoms with van der Waals surface area (Å²) in [4.78, 5) is 27.8. The number of benzene rings is 2. The van der Waals surface area contributed by atoms with Gasteiger partial charge in [0, 0.05) is 17.6 Å². The molecule has 34 heavy (non-hydrogen) atoms. The van der Waals surface area contributed by atoms with Crippen LogP contribution in [0.4, 0.5) is 5.69 Å². The monoisotopic (exact) mass is 507 g/mol. The normalized spacial score (nSPS) is 13.1. The summed E-state index contributed by atoms with van der Waals surface area (Å²) in [5.41, 5.74) is 2.95. The molecule has 0 bridgehead atoms. The van der Waals surface area contributed by atoms with Gasteiger partial charge in [-0.1, -0.05) is 54.4 Å². The quantitative estimate of drug-likeness (QED) is 0.525. The lowest BCUT2D eigenvalue weighted by Crippen LogP contribution is -2.52. The van der Waals surface area contributed by atoms with E-state index >= 15 is 0 Å². The number of anilines is 1. The first-order chi connectivity index (χ1) is 15.8. The molecule has 2 aromatic carbocycles. The molecule has 2 atom stereocenters. The Hall–Kier alpha value is -2.58. The third-order valence-corrected chi connectivity index (χ3v) is 7.27. The van der Waals surface area contributed by atoms with Crippen LogP contribution in [-0.2, 0) is 26.2 Å². The summed E-state index contributed by atoms with van der Waals surface area (Å²) in [7, 11) is -3.80. The zero-order chi connectivity index (χ0) is 25.6. The summed E-state index contributed by atoms with van der Waals surface area (Å²) in [6.07, 6.45) is 1.79. The number of rotatable bonds is 10. The standard InChI is InChI=1S/C25H34ClN3O4S/c1-7-19(4)27-25(31)20(5)28(15-21-10-8-9-17(2)13-21)24(30)16-29(34(6,32)33)22-12-11-18(3)23(26)14-22/h8-14,19-20H,7,15-16H2,1-6H3,(H,27,31)/t19-,20+/m0/s1. The molecular formula is C25H34ClN3O4S. The van der Waals surface area contributed by atoms with Crippen molar-refractivity contribution in [2.75, 3.05) is 17.1 Å². The van der Waals surface area contributed by atoms with Crippen LogP contribution in [0.3, 0.4) is 0 Å². The fraction of sp³-hybridized carbons (Fsp3) is 0.440. The van der Waals surface area contributed by atoms with Crippen LogP contribution >= 0.6 is 11.6 Å². The second-order valence-corrected chi connectivity index (χ2v) is 11.0. The van der Waals surface area contributed by atoms with Crippen molar-refractivity contribution in [2.45, 2.75) is 59.7 Å². The van der Waals surface area contributed by atoms with E-state index in [9.17, 15) is 18.0 Å². The number of carbonyl (C=O) groups is 2. The van der Waals surface area contributed by atoms with E-state index in [-0.39, 0.29) is 18.5 Å². The molecule has 7 nitrogen and oxygen atoms in total. The summed E-state index contributed by atoms with van der Waals surface area (Å²) in [6, 6.07) is 11.6.